The topological polar surface area (TPSA) is 89.4 Å². The summed E-state index contributed by atoms with van der Waals surface area (Å²) in [5, 5.41) is 0. The van der Waals surface area contributed by atoms with Gasteiger partial charge in [-0.25, -0.2) is 0 Å². The molecule has 9 heteroatoms. The predicted molar refractivity (Wildman–Crippen MR) is 22.8 cm³/mol. The van der Waals surface area contributed by atoms with Crippen LogP contribution in [0, 0.1) is 0 Å². The van der Waals surface area contributed by atoms with Crippen LogP contribution in [-0.4, -0.2) is 4.03 Å². The van der Waals surface area contributed by atoms with Gasteiger partial charge in [-0.1, -0.05) is 0 Å². The van der Waals surface area contributed by atoms with Gasteiger partial charge in [-0.05, 0) is 0 Å². The maximum absolute atomic E-state index is 8.67. The molecule has 0 aliphatic heterocycles. The van der Waals surface area contributed by atoms with Crippen LogP contribution in [-0.2, 0) is 37.8 Å². The zero-order valence-corrected chi connectivity index (χ0v) is 11.5. The summed E-state index contributed by atoms with van der Waals surface area (Å²) in [7, 11) is 4.20. The van der Waals surface area contributed by atoms with Gasteiger partial charge in [0.25, 0.3) is 0 Å². The summed E-state index contributed by atoms with van der Waals surface area (Å²) in [6.07, 6.45) is 0. The first kappa shape index (κ1) is 29.7. The first-order chi connectivity index (χ1) is 2.73. The van der Waals surface area contributed by atoms with Crippen molar-refractivity contribution in [1.82, 2.24) is 6.15 Å². The van der Waals surface area contributed by atoms with Crippen LogP contribution in [0.25, 0.3) is 0 Å². The summed E-state index contributed by atoms with van der Waals surface area (Å²) in [6.45, 7) is 0. The Kier molecular flexibility index (Phi) is 102. The molecule has 0 aliphatic rings. The second-order valence-corrected chi connectivity index (χ2v) is 0.981. The summed E-state index contributed by atoms with van der Waals surface area (Å²) in [5.74, 6) is 0. The van der Waals surface area contributed by atoms with Crippen molar-refractivity contribution in [2.24, 2.45) is 0 Å². The van der Waals surface area contributed by atoms with Crippen LogP contribution >= 0.6 is 22.5 Å². The second-order valence-electron chi connectivity index (χ2n) is 0.238. The Morgan fingerprint density at radius 1 is 1.44 bits per heavy atom. The van der Waals surface area contributed by atoms with Crippen LogP contribution in [0.5, 0.6) is 0 Å². The van der Waals surface area contributed by atoms with Crippen molar-refractivity contribution in [3.8, 4) is 0 Å². The zero-order chi connectivity index (χ0) is 5.58. The quantitative estimate of drug-likeness (QED) is 0.487. The first-order valence-electron chi connectivity index (χ1n) is 0.679. The molecule has 0 aromatic heterocycles. The molecule has 0 atom stereocenters. The molecule has 0 radical (unpaired) electrons. The third-order valence-corrected chi connectivity index (χ3v) is 0. The van der Waals surface area contributed by atoms with Crippen molar-refractivity contribution in [2.75, 3.05) is 0 Å². The van der Waals surface area contributed by atoms with Crippen molar-refractivity contribution >= 4 is 22.5 Å². The SMILES string of the molecule is Cl.N.[Cl][Cu].[H-].[K+].[O]=[V](=[O])[OH]. The van der Waals surface area contributed by atoms with E-state index in [4.69, 9.17) is 11.4 Å². The van der Waals surface area contributed by atoms with Crippen LogP contribution in [0.15, 0.2) is 0 Å². The number of halogens is 2. The molecule has 0 amide bonds. The van der Waals surface area contributed by atoms with Gasteiger partial charge in [0.15, 0.2) is 0 Å². The first-order valence-corrected chi connectivity index (χ1v) is 3.74. The molecule has 0 saturated heterocycles. The second kappa shape index (κ2) is 30.8. The van der Waals surface area contributed by atoms with Gasteiger partial charge in [0.2, 0.25) is 0 Å². The van der Waals surface area contributed by atoms with E-state index in [1.54, 1.807) is 0 Å². The minimum atomic E-state index is -3.69. The third-order valence-electron chi connectivity index (χ3n) is 0. The van der Waals surface area contributed by atoms with Gasteiger partial charge >= 0.3 is 103 Å². The molecule has 0 saturated carbocycles. The molecule has 0 fully saturated rings. The number of hydrogen-bond acceptors (Lipinski definition) is 3. The summed E-state index contributed by atoms with van der Waals surface area (Å²) >= 11 is -0.0278. The van der Waals surface area contributed by atoms with E-state index in [1.807, 2.05) is 0 Å². The van der Waals surface area contributed by atoms with Crippen molar-refractivity contribution < 1.29 is 94.7 Å². The van der Waals surface area contributed by atoms with E-state index >= 15 is 0 Å². The molecule has 0 spiro atoms. The number of hydrogen-bond donors (Lipinski definition) is 2. The van der Waals surface area contributed by atoms with E-state index in [-0.39, 0.29) is 71.4 Å². The van der Waals surface area contributed by atoms with Crippen LogP contribution < -0.4 is 57.5 Å². The maximum atomic E-state index is 8.67. The van der Waals surface area contributed by atoms with Crippen LogP contribution in [0.4, 0.5) is 0 Å². The molecule has 0 unspecified atom stereocenters. The van der Waals surface area contributed by atoms with E-state index in [9.17, 15) is 0 Å². The molecule has 0 aliphatic carbocycles. The van der Waals surface area contributed by atoms with Gasteiger partial charge in [-0.15, -0.1) is 12.4 Å². The molecule has 0 rings (SSSR count). The Bertz CT molecular complexity index is 74.9. The van der Waals surface area contributed by atoms with Gasteiger partial charge < -0.3 is 7.58 Å². The fraction of sp³-hybridized carbons (Fsp3) is 0. The monoisotopic (exact) mass is 291 g/mol. The van der Waals surface area contributed by atoms with Gasteiger partial charge in [0.1, 0.15) is 0 Å². The molecule has 0 aromatic rings. The fourth-order valence-electron chi connectivity index (χ4n) is 0. The van der Waals surface area contributed by atoms with Crippen molar-refractivity contribution in [1.29, 1.82) is 0 Å². The molecule has 0 bridgehead atoms. The zero-order valence-electron chi connectivity index (χ0n) is 5.51. The van der Waals surface area contributed by atoms with E-state index in [0.29, 0.717) is 0 Å². The Hall–Kier alpha value is 2.84. The van der Waals surface area contributed by atoms with E-state index in [2.05, 4.69) is 25.2 Å². The van der Waals surface area contributed by atoms with Gasteiger partial charge in [0, 0.05) is 0 Å². The summed E-state index contributed by atoms with van der Waals surface area (Å²) in [4.78, 5) is 0. The fourth-order valence-corrected chi connectivity index (χ4v) is 0. The van der Waals surface area contributed by atoms with E-state index in [1.165, 1.54) is 0 Å². The van der Waals surface area contributed by atoms with Crippen molar-refractivity contribution in [3.05, 3.63) is 0 Å². The van der Waals surface area contributed by atoms with Gasteiger partial charge in [0.05, 0.1) is 0 Å². The molecule has 0 heterocycles. The molecule has 9 heavy (non-hydrogen) atoms. The number of rotatable bonds is 0. The Morgan fingerprint density at radius 3 is 1.44 bits per heavy atom. The normalized spacial score (nSPS) is 3.56. The van der Waals surface area contributed by atoms with Gasteiger partial charge in [-0.2, -0.15) is 0 Å². The van der Waals surface area contributed by atoms with E-state index < -0.39 is 15.4 Å². The van der Waals surface area contributed by atoms with E-state index in [0.717, 1.165) is 0 Å². The minimum absolute atomic E-state index is 0. The van der Waals surface area contributed by atoms with Crippen LogP contribution in [0.3, 0.4) is 0 Å². The third kappa shape index (κ3) is 105. The molecule has 60 valence electrons. The average molecular weight is 293 g/mol. The molecular weight excluding hydrogens is 286 g/mol. The Labute approximate surface area is 121 Å². The molecular formula is H6Cl2CuKNO3V. The summed E-state index contributed by atoms with van der Waals surface area (Å²) in [5.41, 5.74) is 0. The van der Waals surface area contributed by atoms with Gasteiger partial charge in [-0.3, -0.25) is 0 Å². The Balaban J connectivity index is -0.00000000625. The summed E-state index contributed by atoms with van der Waals surface area (Å²) in [6, 6.07) is 0. The van der Waals surface area contributed by atoms with Crippen LogP contribution in [0.2, 0.25) is 0 Å². The molecule has 4 N–H and O–H groups in total. The molecule has 4 nitrogen and oxygen atoms in total. The van der Waals surface area contributed by atoms with Crippen molar-refractivity contribution in [3.63, 3.8) is 0 Å². The van der Waals surface area contributed by atoms with Crippen LogP contribution in [0.1, 0.15) is 1.43 Å². The standard InChI is InChI=1S/2ClH.Cu.K.H3N.H2O.2O.V.H/h2*1H;;;1H3;1H2;;;;/q;;2*+1;;;;;+1;-1/p-2. The summed E-state index contributed by atoms with van der Waals surface area (Å²) < 4.78 is 24.4. The van der Waals surface area contributed by atoms with Crippen molar-refractivity contribution in [2.45, 2.75) is 0 Å². The predicted octanol–water partition coefficient (Wildman–Crippen LogP) is -2.41. The molecule has 0 aromatic carbocycles. The average Bonchev–Trinajstić information content (AvgIpc) is 1.41. The Morgan fingerprint density at radius 2 is 1.44 bits per heavy atom.